The zero-order valence-corrected chi connectivity index (χ0v) is 19.6. The summed E-state index contributed by atoms with van der Waals surface area (Å²) in [6.45, 7) is 5.03. The summed E-state index contributed by atoms with van der Waals surface area (Å²) in [6, 6.07) is 4.31. The molecule has 4 aliphatic rings. The van der Waals surface area contributed by atoms with Crippen molar-refractivity contribution < 1.29 is 18.1 Å². The predicted molar refractivity (Wildman–Crippen MR) is 123 cm³/mol. The van der Waals surface area contributed by atoms with Crippen molar-refractivity contribution in [3.8, 4) is 0 Å². The molecule has 0 amide bonds. The van der Waals surface area contributed by atoms with Crippen LogP contribution in [0.1, 0.15) is 64.4 Å². The van der Waals surface area contributed by atoms with Gasteiger partial charge in [-0.05, 0) is 90.7 Å². The Kier molecular flexibility index (Phi) is 5.95. The normalized spacial score (nSPS) is 39.1. The van der Waals surface area contributed by atoms with E-state index in [4.69, 9.17) is 4.55 Å². The Morgan fingerprint density at radius 1 is 1.06 bits per heavy atom. The SMILES string of the molecule is CS(=O)(=O)O.C[C@]12CC[C@H](O)CC1=CC[C@@H]1[C@@H]2CC[C@]2(C)C(c3cccnc3)=CC[C@@H]12. The van der Waals surface area contributed by atoms with Crippen LogP contribution < -0.4 is 0 Å². The van der Waals surface area contributed by atoms with Crippen molar-refractivity contribution in [3.63, 3.8) is 0 Å². The minimum absolute atomic E-state index is 0.106. The van der Waals surface area contributed by atoms with Crippen LogP contribution in [0.3, 0.4) is 0 Å². The first kappa shape index (κ1) is 22.7. The Labute approximate surface area is 186 Å². The van der Waals surface area contributed by atoms with Gasteiger partial charge in [0, 0.05) is 12.4 Å². The van der Waals surface area contributed by atoms with Crippen LogP contribution in [-0.2, 0) is 10.1 Å². The number of pyridine rings is 1. The summed E-state index contributed by atoms with van der Waals surface area (Å²) in [4.78, 5) is 4.38. The zero-order chi connectivity index (χ0) is 22.4. The van der Waals surface area contributed by atoms with E-state index in [-0.39, 0.29) is 6.10 Å². The van der Waals surface area contributed by atoms with Crippen LogP contribution in [0, 0.1) is 28.6 Å². The third kappa shape index (κ3) is 4.27. The molecule has 5 nitrogen and oxygen atoms in total. The highest BCUT2D eigenvalue weighted by molar-refractivity contribution is 7.85. The molecular formula is C25H35NO4S. The van der Waals surface area contributed by atoms with Gasteiger partial charge in [-0.3, -0.25) is 9.54 Å². The predicted octanol–water partition coefficient (Wildman–Crippen LogP) is 4.90. The number of aliphatic hydroxyl groups excluding tert-OH is 1. The van der Waals surface area contributed by atoms with Gasteiger partial charge in [-0.25, -0.2) is 0 Å². The Morgan fingerprint density at radius 2 is 1.77 bits per heavy atom. The van der Waals surface area contributed by atoms with Crippen molar-refractivity contribution in [2.45, 2.75) is 64.9 Å². The minimum Gasteiger partial charge on any atom is -0.393 e. The molecule has 2 saturated carbocycles. The van der Waals surface area contributed by atoms with Gasteiger partial charge in [-0.15, -0.1) is 0 Å². The maximum atomic E-state index is 10.2. The lowest BCUT2D eigenvalue weighted by Crippen LogP contribution is -2.49. The third-order valence-electron chi connectivity index (χ3n) is 8.63. The van der Waals surface area contributed by atoms with Gasteiger partial charge in [-0.1, -0.05) is 37.6 Å². The maximum absolute atomic E-state index is 10.2. The highest BCUT2D eigenvalue weighted by atomic mass is 32.2. The first-order valence-corrected chi connectivity index (χ1v) is 13.3. The van der Waals surface area contributed by atoms with Crippen LogP contribution in [0.15, 0.2) is 42.3 Å². The molecule has 4 aliphatic carbocycles. The summed E-state index contributed by atoms with van der Waals surface area (Å²) in [7, 11) is -3.67. The van der Waals surface area contributed by atoms with Crippen LogP contribution in [0.25, 0.3) is 5.57 Å². The number of aromatic nitrogens is 1. The molecule has 2 fully saturated rings. The fourth-order valence-corrected chi connectivity index (χ4v) is 7.18. The van der Waals surface area contributed by atoms with E-state index in [0.717, 1.165) is 30.6 Å². The van der Waals surface area contributed by atoms with E-state index in [9.17, 15) is 13.5 Å². The lowest BCUT2D eigenvalue weighted by molar-refractivity contribution is -0.0238. The largest absolute Gasteiger partial charge is 0.393 e. The monoisotopic (exact) mass is 445 g/mol. The molecule has 2 N–H and O–H groups in total. The average molecular weight is 446 g/mol. The van der Waals surface area contributed by atoms with Gasteiger partial charge in [-0.2, -0.15) is 8.42 Å². The van der Waals surface area contributed by atoms with E-state index in [0.29, 0.717) is 17.1 Å². The van der Waals surface area contributed by atoms with Crippen LogP contribution >= 0.6 is 0 Å². The van der Waals surface area contributed by atoms with Crippen molar-refractivity contribution in [2.24, 2.45) is 28.6 Å². The van der Waals surface area contributed by atoms with E-state index in [1.807, 2.05) is 12.4 Å². The number of hydrogen-bond donors (Lipinski definition) is 2. The van der Waals surface area contributed by atoms with Gasteiger partial charge in [0.1, 0.15) is 0 Å². The zero-order valence-electron chi connectivity index (χ0n) is 18.8. The molecule has 0 radical (unpaired) electrons. The van der Waals surface area contributed by atoms with E-state index < -0.39 is 10.1 Å². The standard InChI is InChI=1S/C24H31NO.CH4O3S/c1-23-11-9-18(26)14-17(23)5-6-19-21-8-7-20(16-4-3-13-25-15-16)24(21,2)12-10-22(19)23;1-5(2,3)4/h3-5,7,13,15,18-19,21-22,26H,6,8-12,14H2,1-2H3;1H3,(H,2,3,4)/t18-,19-,21-,22-,23-,24+;/m0./s1. The summed E-state index contributed by atoms with van der Waals surface area (Å²) < 4.78 is 25.9. The van der Waals surface area contributed by atoms with Gasteiger partial charge in [0.15, 0.2) is 0 Å². The van der Waals surface area contributed by atoms with Crippen LogP contribution in [-0.4, -0.2) is 35.4 Å². The molecule has 0 spiro atoms. The number of allylic oxidation sites excluding steroid dienone is 3. The Bertz CT molecular complexity index is 978. The molecule has 0 unspecified atom stereocenters. The van der Waals surface area contributed by atoms with Gasteiger partial charge < -0.3 is 5.11 Å². The molecule has 0 saturated heterocycles. The molecule has 5 rings (SSSR count). The molecule has 6 atom stereocenters. The molecular weight excluding hydrogens is 410 g/mol. The first-order valence-electron chi connectivity index (χ1n) is 11.4. The molecule has 1 heterocycles. The highest BCUT2D eigenvalue weighted by Gasteiger charge is 2.56. The number of fused-ring (bicyclic) bond motifs is 5. The molecule has 31 heavy (non-hydrogen) atoms. The lowest BCUT2D eigenvalue weighted by atomic mass is 9.47. The molecule has 0 bridgehead atoms. The van der Waals surface area contributed by atoms with E-state index in [2.05, 4.69) is 43.1 Å². The van der Waals surface area contributed by atoms with Crippen LogP contribution in [0.2, 0.25) is 0 Å². The molecule has 0 aromatic carbocycles. The Morgan fingerprint density at radius 3 is 2.45 bits per heavy atom. The summed E-state index contributed by atoms with van der Waals surface area (Å²) in [5.41, 5.74) is 5.09. The number of rotatable bonds is 1. The molecule has 1 aromatic heterocycles. The second-order valence-corrected chi connectivity index (χ2v) is 11.9. The molecule has 6 heteroatoms. The lowest BCUT2D eigenvalue weighted by Gasteiger charge is -2.57. The van der Waals surface area contributed by atoms with Crippen LogP contribution in [0.5, 0.6) is 0 Å². The van der Waals surface area contributed by atoms with Gasteiger partial charge >= 0.3 is 0 Å². The van der Waals surface area contributed by atoms with Gasteiger partial charge in [0.05, 0.1) is 12.4 Å². The summed E-state index contributed by atoms with van der Waals surface area (Å²) >= 11 is 0. The van der Waals surface area contributed by atoms with E-state index >= 15 is 0 Å². The summed E-state index contributed by atoms with van der Waals surface area (Å²) in [5.74, 6) is 2.36. The summed E-state index contributed by atoms with van der Waals surface area (Å²) in [5, 5.41) is 10.2. The molecule has 0 aliphatic heterocycles. The maximum Gasteiger partial charge on any atom is 0.261 e. The number of hydrogen-bond acceptors (Lipinski definition) is 4. The first-order chi connectivity index (χ1) is 14.5. The smallest absolute Gasteiger partial charge is 0.261 e. The van der Waals surface area contributed by atoms with Gasteiger partial charge in [0.2, 0.25) is 0 Å². The second-order valence-electron chi connectivity index (χ2n) is 10.4. The third-order valence-corrected chi connectivity index (χ3v) is 8.63. The quantitative estimate of drug-likeness (QED) is 0.474. The Balaban J connectivity index is 0.000000418. The van der Waals surface area contributed by atoms with Gasteiger partial charge in [0.25, 0.3) is 10.1 Å². The van der Waals surface area contributed by atoms with E-state index in [1.165, 1.54) is 37.7 Å². The number of nitrogens with zero attached hydrogens (tertiary/aromatic N) is 1. The van der Waals surface area contributed by atoms with Crippen molar-refractivity contribution >= 4 is 15.7 Å². The van der Waals surface area contributed by atoms with Crippen molar-refractivity contribution in [1.29, 1.82) is 0 Å². The highest BCUT2D eigenvalue weighted by Crippen LogP contribution is 2.66. The Hall–Kier alpha value is -1.50. The minimum atomic E-state index is -3.67. The average Bonchev–Trinajstić information content (AvgIpc) is 3.05. The second kappa shape index (κ2) is 8.13. The molecule has 1 aromatic rings. The fourth-order valence-electron chi connectivity index (χ4n) is 7.18. The van der Waals surface area contributed by atoms with E-state index in [1.54, 1.807) is 11.1 Å². The number of aliphatic hydroxyl groups is 1. The van der Waals surface area contributed by atoms with Crippen molar-refractivity contribution in [2.75, 3.05) is 6.26 Å². The summed E-state index contributed by atoms with van der Waals surface area (Å²) in [6.07, 6.45) is 17.7. The van der Waals surface area contributed by atoms with Crippen molar-refractivity contribution in [1.82, 2.24) is 4.98 Å². The topological polar surface area (TPSA) is 87.5 Å². The van der Waals surface area contributed by atoms with Crippen molar-refractivity contribution in [3.05, 3.63) is 47.8 Å². The van der Waals surface area contributed by atoms with Crippen LogP contribution in [0.4, 0.5) is 0 Å². The molecule has 170 valence electrons. The fraction of sp³-hybridized carbons (Fsp3) is 0.640.